The van der Waals surface area contributed by atoms with Gasteiger partial charge >= 0.3 is 0 Å². The van der Waals surface area contributed by atoms with Gasteiger partial charge in [-0.1, -0.05) is 84.9 Å². The normalized spacial score (nSPS) is 11.0. The zero-order chi connectivity index (χ0) is 11.4. The molecule has 2 aromatic rings. The zero-order valence-corrected chi connectivity index (χ0v) is 10.5. The SMILES string of the molecule is [CH2]C([CH2])[SiH](c1ccccc1)c1ccccc1. The molecule has 0 saturated carbocycles. The van der Waals surface area contributed by atoms with Crippen LogP contribution in [0.5, 0.6) is 0 Å². The molecule has 1 heteroatoms. The highest BCUT2D eigenvalue weighted by molar-refractivity contribution is 6.86. The lowest BCUT2D eigenvalue weighted by molar-refractivity contribution is 1.34. The van der Waals surface area contributed by atoms with Gasteiger partial charge in [0.25, 0.3) is 0 Å². The monoisotopic (exact) mass is 224 g/mol. The number of benzene rings is 2. The van der Waals surface area contributed by atoms with Crippen LogP contribution in [0.4, 0.5) is 0 Å². The van der Waals surface area contributed by atoms with Crippen LogP contribution in [-0.4, -0.2) is 8.80 Å². The van der Waals surface area contributed by atoms with Crippen molar-refractivity contribution in [2.45, 2.75) is 5.54 Å². The second-order valence-electron chi connectivity index (χ2n) is 4.06. The molecule has 0 nitrogen and oxygen atoms in total. The minimum absolute atomic E-state index is 0.254. The van der Waals surface area contributed by atoms with Crippen LogP contribution in [0.2, 0.25) is 5.54 Å². The lowest BCUT2D eigenvalue weighted by Crippen LogP contribution is -2.44. The summed E-state index contributed by atoms with van der Waals surface area (Å²) in [7, 11) is -1.25. The van der Waals surface area contributed by atoms with E-state index in [-0.39, 0.29) is 5.54 Å². The van der Waals surface area contributed by atoms with E-state index in [1.165, 1.54) is 10.4 Å². The van der Waals surface area contributed by atoms with Crippen molar-refractivity contribution in [3.63, 3.8) is 0 Å². The van der Waals surface area contributed by atoms with Crippen molar-refractivity contribution >= 4 is 19.2 Å². The third-order valence-electron chi connectivity index (χ3n) is 2.79. The summed E-state index contributed by atoms with van der Waals surface area (Å²) in [5.74, 6) is 0. The Morgan fingerprint density at radius 1 is 0.688 bits per heavy atom. The number of rotatable bonds is 3. The highest BCUT2D eigenvalue weighted by atomic mass is 28.3. The van der Waals surface area contributed by atoms with Crippen LogP contribution in [0, 0.1) is 13.8 Å². The summed E-state index contributed by atoms with van der Waals surface area (Å²) in [6.45, 7) is 8.28. The molecule has 0 heterocycles. The van der Waals surface area contributed by atoms with Gasteiger partial charge in [0.05, 0.1) is 0 Å². The third kappa shape index (κ3) is 2.42. The van der Waals surface area contributed by atoms with Crippen LogP contribution in [-0.2, 0) is 0 Å². The largest absolute Gasteiger partial charge is 0.106 e. The van der Waals surface area contributed by atoms with Crippen LogP contribution in [0.3, 0.4) is 0 Å². The van der Waals surface area contributed by atoms with E-state index in [0.29, 0.717) is 0 Å². The molecule has 0 aromatic heterocycles. The Bertz CT molecular complexity index is 380. The number of hydrogen-bond donors (Lipinski definition) is 0. The molecule has 16 heavy (non-hydrogen) atoms. The third-order valence-corrected chi connectivity index (χ3v) is 5.94. The first-order valence-electron chi connectivity index (χ1n) is 5.55. The molecule has 0 spiro atoms. The van der Waals surface area contributed by atoms with Gasteiger partial charge in [-0.15, -0.1) is 0 Å². The molecule has 0 unspecified atom stereocenters. The molecule has 0 amide bonds. The van der Waals surface area contributed by atoms with E-state index in [1.54, 1.807) is 0 Å². The van der Waals surface area contributed by atoms with E-state index < -0.39 is 8.80 Å². The highest BCUT2D eigenvalue weighted by Crippen LogP contribution is 2.07. The average Bonchev–Trinajstić information content (AvgIpc) is 2.31. The van der Waals surface area contributed by atoms with Crippen molar-refractivity contribution in [2.75, 3.05) is 0 Å². The Morgan fingerprint density at radius 3 is 1.38 bits per heavy atom. The van der Waals surface area contributed by atoms with Gasteiger partial charge < -0.3 is 0 Å². The Kier molecular flexibility index (Phi) is 3.57. The minimum atomic E-state index is -1.25. The zero-order valence-electron chi connectivity index (χ0n) is 9.34. The molecule has 80 valence electrons. The van der Waals surface area contributed by atoms with Gasteiger partial charge in [-0.25, -0.2) is 0 Å². The molecule has 2 radical (unpaired) electrons. The van der Waals surface area contributed by atoms with E-state index in [4.69, 9.17) is 0 Å². The standard InChI is InChI=1S/C15H16Si/c1-13(2)16(14-9-5-3-6-10-14)15-11-7-4-8-12-15/h3-13,16H,1-2H2. The lowest BCUT2D eigenvalue weighted by Gasteiger charge is -2.19. The smallest absolute Gasteiger partial charge is 0.0629 e. The predicted octanol–water partition coefficient (Wildman–Crippen LogP) is 2.07. The second-order valence-corrected chi connectivity index (χ2v) is 7.29. The van der Waals surface area contributed by atoms with Crippen molar-refractivity contribution in [3.8, 4) is 0 Å². The van der Waals surface area contributed by atoms with Gasteiger partial charge in [0.2, 0.25) is 0 Å². The topological polar surface area (TPSA) is 0 Å². The van der Waals surface area contributed by atoms with Crippen molar-refractivity contribution in [2.24, 2.45) is 0 Å². The molecule has 0 aliphatic rings. The van der Waals surface area contributed by atoms with Crippen LogP contribution >= 0.6 is 0 Å². The quantitative estimate of drug-likeness (QED) is 0.700. The minimum Gasteiger partial charge on any atom is -0.0629 e. The molecular weight excluding hydrogens is 208 g/mol. The lowest BCUT2D eigenvalue weighted by atomic mass is 10.4. The fraction of sp³-hybridized carbons (Fsp3) is 0.0667. The van der Waals surface area contributed by atoms with Gasteiger partial charge in [-0.2, -0.15) is 0 Å². The first kappa shape index (κ1) is 11.2. The van der Waals surface area contributed by atoms with E-state index >= 15 is 0 Å². The Labute approximate surface area is 99.6 Å². The summed E-state index contributed by atoms with van der Waals surface area (Å²) in [6.07, 6.45) is 0. The van der Waals surface area contributed by atoms with Gasteiger partial charge in [0.15, 0.2) is 0 Å². The maximum atomic E-state index is 4.14. The fourth-order valence-corrected chi connectivity index (χ4v) is 4.80. The van der Waals surface area contributed by atoms with Crippen molar-refractivity contribution in [1.29, 1.82) is 0 Å². The maximum Gasteiger partial charge on any atom is 0.106 e. The Hall–Kier alpha value is -1.34. The molecule has 0 atom stereocenters. The first-order chi connectivity index (χ1) is 7.79. The summed E-state index contributed by atoms with van der Waals surface area (Å²) in [5, 5.41) is 2.84. The molecule has 0 bridgehead atoms. The summed E-state index contributed by atoms with van der Waals surface area (Å²) in [4.78, 5) is 0. The molecule has 0 N–H and O–H groups in total. The van der Waals surface area contributed by atoms with Crippen molar-refractivity contribution in [3.05, 3.63) is 74.5 Å². The van der Waals surface area contributed by atoms with E-state index in [9.17, 15) is 0 Å². The van der Waals surface area contributed by atoms with E-state index in [2.05, 4.69) is 74.5 Å². The second kappa shape index (κ2) is 5.13. The van der Waals surface area contributed by atoms with Crippen LogP contribution < -0.4 is 10.4 Å². The number of hydrogen-bond acceptors (Lipinski definition) is 0. The summed E-state index contributed by atoms with van der Waals surface area (Å²) >= 11 is 0. The first-order valence-corrected chi connectivity index (χ1v) is 7.37. The van der Waals surface area contributed by atoms with Crippen LogP contribution in [0.25, 0.3) is 0 Å². The van der Waals surface area contributed by atoms with Gasteiger partial charge in [-0.05, 0) is 5.54 Å². The van der Waals surface area contributed by atoms with E-state index in [0.717, 1.165) is 0 Å². The molecular formula is C15H16Si. The molecule has 0 fully saturated rings. The predicted molar refractivity (Wildman–Crippen MR) is 73.8 cm³/mol. The van der Waals surface area contributed by atoms with Gasteiger partial charge in [0, 0.05) is 0 Å². The fourth-order valence-electron chi connectivity index (χ4n) is 2.06. The average molecular weight is 224 g/mol. The molecule has 2 aromatic carbocycles. The van der Waals surface area contributed by atoms with Crippen molar-refractivity contribution < 1.29 is 0 Å². The van der Waals surface area contributed by atoms with Crippen molar-refractivity contribution in [1.82, 2.24) is 0 Å². The molecule has 0 aliphatic carbocycles. The molecule has 0 aliphatic heterocycles. The summed E-state index contributed by atoms with van der Waals surface area (Å²) in [5.41, 5.74) is 0.254. The summed E-state index contributed by atoms with van der Waals surface area (Å²) < 4.78 is 0. The Morgan fingerprint density at radius 2 is 1.06 bits per heavy atom. The molecule has 0 saturated heterocycles. The van der Waals surface area contributed by atoms with Gasteiger partial charge in [-0.3, -0.25) is 0 Å². The maximum absolute atomic E-state index is 4.14. The van der Waals surface area contributed by atoms with E-state index in [1.807, 2.05) is 0 Å². The van der Waals surface area contributed by atoms with Crippen LogP contribution in [0.15, 0.2) is 60.7 Å². The van der Waals surface area contributed by atoms with Gasteiger partial charge in [0.1, 0.15) is 8.80 Å². The van der Waals surface area contributed by atoms with Crippen LogP contribution in [0.1, 0.15) is 0 Å². The molecule has 2 rings (SSSR count). The highest BCUT2D eigenvalue weighted by Gasteiger charge is 2.19. The summed E-state index contributed by atoms with van der Waals surface area (Å²) in [6, 6.07) is 21.3. The Balaban J connectivity index is 2.40.